The topological polar surface area (TPSA) is 92.7 Å². The number of hydrogen-bond acceptors (Lipinski definition) is 4. The molecule has 0 amide bonds. The number of hydrogen-bond donors (Lipinski definition) is 2. The van der Waals surface area contributed by atoms with Crippen molar-refractivity contribution in [2.45, 2.75) is 103 Å². The fourth-order valence-corrected chi connectivity index (χ4v) is 4.65. The minimum absolute atomic E-state index is 0.0850. The van der Waals surface area contributed by atoms with E-state index in [0.717, 1.165) is 25.7 Å². The smallest absolute Gasteiger partial charge is 0.344 e. The number of unbranched alkanes of at least 4 members (excludes halogenated alkanes) is 10. The largest absolute Gasteiger partial charge is 0.479 e. The molecule has 0 bridgehead atoms. The molecule has 1 aromatic carbocycles. The number of carboxylic acid groups (broad SMARTS) is 1. The van der Waals surface area contributed by atoms with E-state index in [0.29, 0.717) is 24.3 Å². The summed E-state index contributed by atoms with van der Waals surface area (Å²) in [5.74, 6) is -0.460. The first kappa shape index (κ1) is 27.3. The second kappa shape index (κ2) is 16.0. The monoisotopic (exact) mass is 455 g/mol. The van der Waals surface area contributed by atoms with Gasteiger partial charge in [-0.2, -0.15) is 0 Å². The molecule has 0 radical (unpaired) electrons. The summed E-state index contributed by atoms with van der Waals surface area (Å²) >= 11 is 0. The molecule has 7 heteroatoms. The van der Waals surface area contributed by atoms with Crippen LogP contribution in [0.3, 0.4) is 0 Å². The van der Waals surface area contributed by atoms with Gasteiger partial charge >= 0.3 is 5.97 Å². The van der Waals surface area contributed by atoms with Gasteiger partial charge in [0.15, 0.2) is 6.10 Å². The van der Waals surface area contributed by atoms with E-state index in [9.17, 15) is 18.3 Å². The summed E-state index contributed by atoms with van der Waals surface area (Å²) < 4.78 is 32.1. The highest BCUT2D eigenvalue weighted by molar-refractivity contribution is 7.92. The number of ether oxygens (including phenoxy) is 1. The molecule has 1 rings (SSSR count). The lowest BCUT2D eigenvalue weighted by atomic mass is 10.0. The van der Waals surface area contributed by atoms with Gasteiger partial charge in [-0.05, 0) is 43.5 Å². The molecule has 1 atom stereocenters. The van der Waals surface area contributed by atoms with Crippen LogP contribution < -0.4 is 9.46 Å². The Morgan fingerprint density at radius 2 is 1.39 bits per heavy atom. The van der Waals surface area contributed by atoms with E-state index in [1.165, 1.54) is 44.9 Å². The Balaban J connectivity index is 2.33. The average molecular weight is 456 g/mol. The molecule has 31 heavy (non-hydrogen) atoms. The zero-order valence-corrected chi connectivity index (χ0v) is 20.1. The Morgan fingerprint density at radius 3 is 1.90 bits per heavy atom. The number of carbonyl (C=O) groups is 1. The number of anilines is 1. The van der Waals surface area contributed by atoms with Crippen molar-refractivity contribution >= 4 is 21.7 Å². The zero-order valence-electron chi connectivity index (χ0n) is 19.3. The van der Waals surface area contributed by atoms with E-state index in [2.05, 4.69) is 11.6 Å². The van der Waals surface area contributed by atoms with Gasteiger partial charge in [0.1, 0.15) is 5.75 Å². The van der Waals surface area contributed by atoms with Crippen LogP contribution in [0.5, 0.6) is 5.75 Å². The zero-order chi connectivity index (χ0) is 23.0. The van der Waals surface area contributed by atoms with Gasteiger partial charge in [0.05, 0.1) is 5.75 Å². The van der Waals surface area contributed by atoms with Crippen LogP contribution in [0.15, 0.2) is 24.3 Å². The second-order valence-electron chi connectivity index (χ2n) is 8.21. The number of rotatable bonds is 19. The number of aliphatic carboxylic acids is 1. The van der Waals surface area contributed by atoms with Crippen LogP contribution in [0.2, 0.25) is 0 Å². The van der Waals surface area contributed by atoms with E-state index in [1.54, 1.807) is 24.3 Å². The third-order valence-electron chi connectivity index (χ3n) is 5.27. The summed E-state index contributed by atoms with van der Waals surface area (Å²) in [5.41, 5.74) is 0.449. The van der Waals surface area contributed by atoms with Crippen LogP contribution in [-0.4, -0.2) is 31.4 Å². The number of nitrogens with one attached hydrogen (secondary N) is 1. The standard InChI is InChI=1S/C24H41NO5S/c1-3-5-7-8-9-10-11-12-13-14-15-23(24(26)27)30-22-18-16-21(17-19-22)25-31(28,29)20-6-4-2/h16-19,23,25H,3-15,20H2,1-2H3,(H,26,27)/t23-/m0/s1. The SMILES string of the molecule is CCCCCCCCCCCC[C@H](Oc1ccc(NS(=O)(=O)CCCC)cc1)C(=O)O. The van der Waals surface area contributed by atoms with Crippen molar-refractivity contribution in [2.75, 3.05) is 10.5 Å². The molecule has 0 aliphatic rings. The molecule has 0 fully saturated rings. The van der Waals surface area contributed by atoms with Gasteiger partial charge in [0.25, 0.3) is 0 Å². The lowest BCUT2D eigenvalue weighted by Gasteiger charge is -2.15. The molecule has 2 N–H and O–H groups in total. The number of carboxylic acids is 1. The number of benzene rings is 1. The molecule has 0 heterocycles. The van der Waals surface area contributed by atoms with Gasteiger partial charge in [-0.15, -0.1) is 0 Å². The Bertz CT molecular complexity index is 703. The van der Waals surface area contributed by atoms with Crippen molar-refractivity contribution in [3.8, 4) is 5.75 Å². The Hall–Kier alpha value is -1.76. The minimum Gasteiger partial charge on any atom is -0.479 e. The van der Waals surface area contributed by atoms with Gasteiger partial charge in [0.2, 0.25) is 10.0 Å². The predicted molar refractivity (Wildman–Crippen MR) is 127 cm³/mol. The van der Waals surface area contributed by atoms with Gasteiger partial charge < -0.3 is 9.84 Å². The Labute approximate surface area is 188 Å². The maximum Gasteiger partial charge on any atom is 0.344 e. The second-order valence-corrected chi connectivity index (χ2v) is 10.1. The van der Waals surface area contributed by atoms with Crippen molar-refractivity contribution in [3.05, 3.63) is 24.3 Å². The van der Waals surface area contributed by atoms with E-state index in [4.69, 9.17) is 4.74 Å². The maximum atomic E-state index is 12.0. The summed E-state index contributed by atoms with van der Waals surface area (Å²) in [7, 11) is -3.36. The van der Waals surface area contributed by atoms with E-state index < -0.39 is 22.1 Å². The van der Waals surface area contributed by atoms with Gasteiger partial charge in [-0.1, -0.05) is 78.1 Å². The molecule has 0 unspecified atom stereocenters. The molecule has 0 saturated heterocycles. The summed E-state index contributed by atoms with van der Waals surface area (Å²) in [6.07, 6.45) is 13.0. The molecule has 178 valence electrons. The summed E-state index contributed by atoms with van der Waals surface area (Å²) in [5, 5.41) is 9.45. The minimum atomic E-state index is -3.36. The fraction of sp³-hybridized carbons (Fsp3) is 0.708. The predicted octanol–water partition coefficient (Wildman–Crippen LogP) is 6.37. The van der Waals surface area contributed by atoms with E-state index in [1.807, 2.05) is 6.92 Å². The van der Waals surface area contributed by atoms with Crippen LogP contribution in [0, 0.1) is 0 Å². The molecule has 6 nitrogen and oxygen atoms in total. The van der Waals surface area contributed by atoms with Crippen LogP contribution in [0.4, 0.5) is 5.69 Å². The fourth-order valence-electron chi connectivity index (χ4n) is 3.38. The third kappa shape index (κ3) is 13.3. The average Bonchev–Trinajstić information content (AvgIpc) is 2.73. The molecule has 1 aromatic rings. The first-order valence-electron chi connectivity index (χ1n) is 11.9. The van der Waals surface area contributed by atoms with Crippen molar-refractivity contribution in [1.29, 1.82) is 0 Å². The summed E-state index contributed by atoms with van der Waals surface area (Å²) in [4.78, 5) is 11.5. The third-order valence-corrected chi connectivity index (χ3v) is 6.64. The highest BCUT2D eigenvalue weighted by atomic mass is 32.2. The molecule has 0 spiro atoms. The van der Waals surface area contributed by atoms with Crippen LogP contribution in [0.25, 0.3) is 0 Å². The first-order valence-corrected chi connectivity index (χ1v) is 13.5. The van der Waals surface area contributed by atoms with Crippen molar-refractivity contribution < 1.29 is 23.1 Å². The quantitative estimate of drug-likeness (QED) is 0.236. The lowest BCUT2D eigenvalue weighted by molar-refractivity contribution is -0.145. The van der Waals surface area contributed by atoms with E-state index in [-0.39, 0.29) is 5.75 Å². The Kier molecular flexibility index (Phi) is 14.0. The molecular formula is C24H41NO5S. The van der Waals surface area contributed by atoms with Crippen LogP contribution in [-0.2, 0) is 14.8 Å². The molecule has 0 aromatic heterocycles. The lowest BCUT2D eigenvalue weighted by Crippen LogP contribution is -2.26. The van der Waals surface area contributed by atoms with Crippen molar-refractivity contribution in [2.24, 2.45) is 0 Å². The maximum absolute atomic E-state index is 12.0. The van der Waals surface area contributed by atoms with Crippen LogP contribution in [0.1, 0.15) is 97.3 Å². The summed E-state index contributed by atoms with van der Waals surface area (Å²) in [6, 6.07) is 6.40. The highest BCUT2D eigenvalue weighted by Crippen LogP contribution is 2.20. The Morgan fingerprint density at radius 1 is 0.871 bits per heavy atom. The van der Waals surface area contributed by atoms with Gasteiger partial charge in [-0.3, -0.25) is 4.72 Å². The first-order chi connectivity index (χ1) is 14.9. The van der Waals surface area contributed by atoms with Crippen molar-refractivity contribution in [3.63, 3.8) is 0 Å². The normalized spacial score (nSPS) is 12.5. The number of sulfonamides is 1. The van der Waals surface area contributed by atoms with E-state index >= 15 is 0 Å². The van der Waals surface area contributed by atoms with Gasteiger partial charge in [-0.25, -0.2) is 13.2 Å². The summed E-state index contributed by atoms with van der Waals surface area (Å²) in [6.45, 7) is 4.17. The highest BCUT2D eigenvalue weighted by Gasteiger charge is 2.19. The molecular weight excluding hydrogens is 414 g/mol. The molecule has 0 saturated carbocycles. The molecule has 0 aliphatic heterocycles. The molecule has 0 aliphatic carbocycles. The van der Waals surface area contributed by atoms with Gasteiger partial charge in [0, 0.05) is 5.69 Å². The van der Waals surface area contributed by atoms with Crippen molar-refractivity contribution in [1.82, 2.24) is 0 Å². The van der Waals surface area contributed by atoms with Crippen LogP contribution >= 0.6 is 0 Å².